The Morgan fingerprint density at radius 2 is 2.00 bits per heavy atom. The van der Waals surface area contributed by atoms with Crippen LogP contribution >= 0.6 is 0 Å². The van der Waals surface area contributed by atoms with Crippen molar-refractivity contribution in [2.24, 2.45) is 5.73 Å². The van der Waals surface area contributed by atoms with Crippen molar-refractivity contribution in [2.75, 3.05) is 24.5 Å². The van der Waals surface area contributed by atoms with Gasteiger partial charge in [-0.1, -0.05) is 0 Å². The topological polar surface area (TPSA) is 101 Å². The predicted molar refractivity (Wildman–Crippen MR) is 99.8 cm³/mol. The average molecular weight is 390 g/mol. The maximum Gasteiger partial charge on any atom is 0.341 e. The number of carboxylic acid groups (broad SMARTS) is 1. The summed E-state index contributed by atoms with van der Waals surface area (Å²) in [6.45, 7) is 0.683. The SMILES string of the molecule is NCC(F)=C1CCN(c2cc3c(nc2F)c(=O)c(C(=O)O)cn3C2CC2)CC1. The molecular weight excluding hydrogens is 370 g/mol. The maximum absolute atomic E-state index is 14.7. The number of anilines is 1. The summed E-state index contributed by atoms with van der Waals surface area (Å²) < 4.78 is 30.1. The first kappa shape index (κ1) is 18.5. The van der Waals surface area contributed by atoms with Gasteiger partial charge in [-0.2, -0.15) is 4.39 Å². The average Bonchev–Trinajstić information content (AvgIpc) is 3.52. The molecule has 4 rings (SSSR count). The second-order valence-electron chi connectivity index (χ2n) is 7.18. The summed E-state index contributed by atoms with van der Waals surface area (Å²) in [5.74, 6) is -2.51. The number of nitrogens with two attached hydrogens (primary N) is 1. The van der Waals surface area contributed by atoms with Crippen molar-refractivity contribution in [3.05, 3.63) is 45.4 Å². The van der Waals surface area contributed by atoms with Crippen LogP contribution in [-0.2, 0) is 0 Å². The summed E-state index contributed by atoms with van der Waals surface area (Å²) in [7, 11) is 0. The Bertz CT molecular complexity index is 1050. The van der Waals surface area contributed by atoms with Crippen molar-refractivity contribution < 1.29 is 18.7 Å². The fraction of sp³-hybridized carbons (Fsp3) is 0.421. The number of aromatic carboxylic acids is 1. The zero-order chi connectivity index (χ0) is 20.0. The predicted octanol–water partition coefficient (Wildman–Crippen LogP) is 2.35. The molecule has 3 heterocycles. The number of carboxylic acids is 1. The molecule has 28 heavy (non-hydrogen) atoms. The number of hydrogen-bond donors (Lipinski definition) is 2. The molecule has 0 atom stereocenters. The highest BCUT2D eigenvalue weighted by atomic mass is 19.1. The van der Waals surface area contributed by atoms with E-state index in [-0.39, 0.29) is 29.6 Å². The van der Waals surface area contributed by atoms with Crippen molar-refractivity contribution >= 4 is 22.7 Å². The van der Waals surface area contributed by atoms with E-state index >= 15 is 0 Å². The number of piperidine rings is 1. The Labute approximate surface area is 159 Å². The standard InChI is InChI=1S/C19H20F2N4O3/c20-13(8-22)10-3-5-24(6-4-10)15-7-14-16(23-18(15)21)17(26)12(19(27)28)9-25(14)11-1-2-11/h7,9,11H,1-6,8,22H2,(H,27,28). The van der Waals surface area contributed by atoms with Crippen LogP contribution in [-0.4, -0.2) is 40.3 Å². The van der Waals surface area contributed by atoms with Crippen LogP contribution in [0.2, 0.25) is 0 Å². The maximum atomic E-state index is 14.7. The quantitative estimate of drug-likeness (QED) is 0.777. The van der Waals surface area contributed by atoms with Gasteiger partial charge in [0.2, 0.25) is 11.4 Å². The highest BCUT2D eigenvalue weighted by Gasteiger charge is 2.29. The number of carbonyl (C=O) groups is 1. The summed E-state index contributed by atoms with van der Waals surface area (Å²) in [6, 6.07) is 1.63. The first-order chi connectivity index (χ1) is 13.4. The summed E-state index contributed by atoms with van der Waals surface area (Å²) in [5, 5.41) is 9.28. The molecular formula is C19H20F2N4O3. The molecule has 0 aromatic carbocycles. The van der Waals surface area contributed by atoms with E-state index in [9.17, 15) is 23.5 Å². The van der Waals surface area contributed by atoms with Gasteiger partial charge in [0.05, 0.1) is 11.2 Å². The van der Waals surface area contributed by atoms with Crippen LogP contribution in [0.15, 0.2) is 28.5 Å². The van der Waals surface area contributed by atoms with Crippen molar-refractivity contribution in [1.82, 2.24) is 9.55 Å². The van der Waals surface area contributed by atoms with Crippen LogP contribution in [0.1, 0.15) is 42.1 Å². The number of fused-ring (bicyclic) bond motifs is 1. The van der Waals surface area contributed by atoms with E-state index in [1.807, 2.05) is 0 Å². The fourth-order valence-electron chi connectivity index (χ4n) is 3.69. The third-order valence-electron chi connectivity index (χ3n) is 5.38. The second kappa shape index (κ2) is 6.97. The van der Waals surface area contributed by atoms with Gasteiger partial charge < -0.3 is 20.3 Å². The van der Waals surface area contributed by atoms with Gasteiger partial charge in [-0.3, -0.25) is 4.79 Å². The zero-order valence-electron chi connectivity index (χ0n) is 15.1. The first-order valence-corrected chi connectivity index (χ1v) is 9.20. The van der Waals surface area contributed by atoms with Gasteiger partial charge in [0, 0.05) is 31.9 Å². The van der Waals surface area contributed by atoms with E-state index in [1.165, 1.54) is 6.20 Å². The van der Waals surface area contributed by atoms with Gasteiger partial charge in [-0.15, -0.1) is 0 Å². The van der Waals surface area contributed by atoms with E-state index in [2.05, 4.69) is 4.98 Å². The van der Waals surface area contributed by atoms with E-state index in [0.29, 0.717) is 37.0 Å². The fourth-order valence-corrected chi connectivity index (χ4v) is 3.69. The molecule has 9 heteroatoms. The molecule has 0 unspecified atom stereocenters. The molecule has 1 saturated heterocycles. The molecule has 3 N–H and O–H groups in total. The van der Waals surface area contributed by atoms with E-state index in [0.717, 1.165) is 12.8 Å². The molecule has 1 saturated carbocycles. The molecule has 1 aliphatic heterocycles. The van der Waals surface area contributed by atoms with Gasteiger partial charge in [-0.25, -0.2) is 14.2 Å². The molecule has 2 aromatic heterocycles. The third kappa shape index (κ3) is 3.15. The van der Waals surface area contributed by atoms with Gasteiger partial charge >= 0.3 is 5.97 Å². The van der Waals surface area contributed by atoms with Gasteiger partial charge in [0.25, 0.3) is 0 Å². The van der Waals surface area contributed by atoms with Crippen LogP contribution in [0.25, 0.3) is 11.0 Å². The Balaban J connectivity index is 1.79. The molecule has 7 nitrogen and oxygen atoms in total. The molecule has 148 valence electrons. The van der Waals surface area contributed by atoms with Crippen LogP contribution in [0.5, 0.6) is 0 Å². The molecule has 0 radical (unpaired) electrons. The van der Waals surface area contributed by atoms with Crippen LogP contribution in [0.4, 0.5) is 14.5 Å². The Morgan fingerprint density at radius 3 is 2.57 bits per heavy atom. The number of nitrogens with zero attached hydrogens (tertiary/aromatic N) is 3. The normalized spacial score (nSPS) is 17.2. The molecule has 0 amide bonds. The van der Waals surface area contributed by atoms with Crippen molar-refractivity contribution in [2.45, 2.75) is 31.7 Å². The summed E-state index contributed by atoms with van der Waals surface area (Å²) in [6.07, 6.45) is 3.92. The lowest BCUT2D eigenvalue weighted by Gasteiger charge is -2.30. The van der Waals surface area contributed by atoms with Crippen LogP contribution < -0.4 is 16.1 Å². The largest absolute Gasteiger partial charge is 0.477 e. The summed E-state index contributed by atoms with van der Waals surface area (Å²) in [5.41, 5.74) is 5.26. The Kier molecular flexibility index (Phi) is 4.62. The third-order valence-corrected chi connectivity index (χ3v) is 5.38. The first-order valence-electron chi connectivity index (χ1n) is 9.20. The Hall–Kier alpha value is -2.81. The van der Waals surface area contributed by atoms with E-state index in [4.69, 9.17) is 5.73 Å². The van der Waals surface area contributed by atoms with Crippen LogP contribution in [0, 0.1) is 5.95 Å². The minimum atomic E-state index is -1.36. The van der Waals surface area contributed by atoms with Gasteiger partial charge in [0.15, 0.2) is 0 Å². The second-order valence-corrected chi connectivity index (χ2v) is 7.18. The van der Waals surface area contributed by atoms with Crippen molar-refractivity contribution in [1.29, 1.82) is 0 Å². The number of pyridine rings is 2. The number of hydrogen-bond acceptors (Lipinski definition) is 5. The molecule has 2 aromatic rings. The number of halogens is 2. The minimum absolute atomic E-state index is 0.0795. The smallest absolute Gasteiger partial charge is 0.341 e. The number of aromatic nitrogens is 2. The van der Waals surface area contributed by atoms with Gasteiger partial charge in [0.1, 0.15) is 16.9 Å². The lowest BCUT2D eigenvalue weighted by atomic mass is 10.0. The summed E-state index contributed by atoms with van der Waals surface area (Å²) in [4.78, 5) is 29.4. The van der Waals surface area contributed by atoms with E-state index < -0.39 is 22.9 Å². The lowest BCUT2D eigenvalue weighted by molar-refractivity contribution is 0.0694. The van der Waals surface area contributed by atoms with Gasteiger partial charge in [-0.05, 0) is 37.3 Å². The monoisotopic (exact) mass is 390 g/mol. The molecule has 2 aliphatic rings. The summed E-state index contributed by atoms with van der Waals surface area (Å²) >= 11 is 0. The highest BCUT2D eigenvalue weighted by Crippen LogP contribution is 2.38. The van der Waals surface area contributed by atoms with Crippen molar-refractivity contribution in [3.63, 3.8) is 0 Å². The highest BCUT2D eigenvalue weighted by molar-refractivity contribution is 5.92. The van der Waals surface area contributed by atoms with E-state index in [1.54, 1.807) is 15.5 Å². The Morgan fingerprint density at radius 1 is 1.32 bits per heavy atom. The lowest BCUT2D eigenvalue weighted by Crippen LogP contribution is -2.32. The minimum Gasteiger partial charge on any atom is -0.477 e. The molecule has 0 spiro atoms. The molecule has 1 aliphatic carbocycles. The van der Waals surface area contributed by atoms with Crippen molar-refractivity contribution in [3.8, 4) is 0 Å². The molecule has 2 fully saturated rings. The van der Waals surface area contributed by atoms with Crippen LogP contribution in [0.3, 0.4) is 0 Å². The number of rotatable bonds is 4. The molecule has 0 bridgehead atoms. The zero-order valence-corrected chi connectivity index (χ0v) is 15.1.